The minimum Gasteiger partial charge on any atom is -0.397 e. The molecule has 0 saturated heterocycles. The number of hydrogen-bond acceptors (Lipinski definition) is 9. The summed E-state index contributed by atoms with van der Waals surface area (Å²) in [6, 6.07) is 5.78. The largest absolute Gasteiger partial charge is 0.397 e. The van der Waals surface area contributed by atoms with Gasteiger partial charge in [0, 0.05) is 24.9 Å². The number of nitrogens with two attached hydrogens (primary N) is 1. The second-order valence-electron chi connectivity index (χ2n) is 8.78. The van der Waals surface area contributed by atoms with Crippen LogP contribution in [0.5, 0.6) is 0 Å². The Morgan fingerprint density at radius 2 is 1.50 bits per heavy atom. The van der Waals surface area contributed by atoms with E-state index in [1.807, 2.05) is 6.92 Å². The predicted octanol–water partition coefficient (Wildman–Crippen LogP) is 1.52. The van der Waals surface area contributed by atoms with Crippen molar-refractivity contribution in [3.8, 4) is 0 Å². The summed E-state index contributed by atoms with van der Waals surface area (Å²) in [6.45, 7) is 4.79. The molecule has 0 amide bonds. The molecule has 3 N–H and O–H groups in total. The molecule has 0 fully saturated rings. The summed E-state index contributed by atoms with van der Waals surface area (Å²) in [6.07, 6.45) is -0.279. The van der Waals surface area contributed by atoms with Gasteiger partial charge < -0.3 is 25.3 Å². The van der Waals surface area contributed by atoms with Crippen LogP contribution in [0.3, 0.4) is 0 Å². The molecule has 0 radical (unpaired) electrons. The highest BCUT2D eigenvalue weighted by Crippen LogP contribution is 2.33. The highest BCUT2D eigenvalue weighted by atomic mass is 16.5. The molecule has 36 heavy (non-hydrogen) atoms. The standard InChI is InChI=1S/C26H29N3O7/c1-13(11-36-14(2)12-35-10-9-34-4)29-25(32)18-20(26(29)33)22(28-3)19-17(21(18)27)23(30)15-7-5-6-8-16(15)24(19)31/h5-8,13-14,28H,9-12,27H2,1-4H3. The summed E-state index contributed by atoms with van der Waals surface area (Å²) in [5, 5.41) is 3.16. The van der Waals surface area contributed by atoms with Gasteiger partial charge in [-0.05, 0) is 13.8 Å². The third-order valence-electron chi connectivity index (χ3n) is 6.37. The van der Waals surface area contributed by atoms with Crippen molar-refractivity contribution < 1.29 is 14.2 Å². The Labute approximate surface area is 205 Å². The van der Waals surface area contributed by atoms with E-state index in [2.05, 4.69) is 5.32 Å². The second kappa shape index (κ2) is 10.2. The van der Waals surface area contributed by atoms with E-state index in [9.17, 15) is 19.2 Å². The van der Waals surface area contributed by atoms with E-state index in [0.29, 0.717) is 19.8 Å². The summed E-state index contributed by atoms with van der Waals surface area (Å²) in [4.78, 5) is 53.7. The molecule has 1 aromatic heterocycles. The quantitative estimate of drug-likeness (QED) is 0.145. The van der Waals surface area contributed by atoms with Gasteiger partial charge in [0.15, 0.2) is 10.9 Å². The number of ether oxygens (including phenoxy) is 3. The number of nitrogens with one attached hydrogen (secondary N) is 1. The van der Waals surface area contributed by atoms with E-state index in [1.54, 1.807) is 38.3 Å². The van der Waals surface area contributed by atoms with Crippen molar-refractivity contribution in [1.29, 1.82) is 0 Å². The molecule has 0 bridgehead atoms. The number of methoxy groups -OCH3 is 1. The Balaban J connectivity index is 1.86. The maximum absolute atomic E-state index is 13.5. The van der Waals surface area contributed by atoms with Crippen molar-refractivity contribution in [1.82, 2.24) is 4.57 Å². The SMILES string of the molecule is CNc1c2c(=O)c3ccccc3c(=O)c2c(N)c2c(=O)n(C(C)COC(C)COCCOC)c(=O)c12. The van der Waals surface area contributed by atoms with Crippen LogP contribution in [-0.2, 0) is 14.2 Å². The van der Waals surface area contributed by atoms with Crippen molar-refractivity contribution in [3.05, 3.63) is 65.4 Å². The van der Waals surface area contributed by atoms with Gasteiger partial charge in [0.2, 0.25) is 0 Å². The number of hydrogen-bond donors (Lipinski definition) is 2. The van der Waals surface area contributed by atoms with Gasteiger partial charge in [-0.1, -0.05) is 24.3 Å². The first kappa shape index (κ1) is 25.5. The zero-order valence-corrected chi connectivity index (χ0v) is 20.7. The molecule has 2 unspecified atom stereocenters. The summed E-state index contributed by atoms with van der Waals surface area (Å²) in [5.74, 6) is 0. The lowest BCUT2D eigenvalue weighted by atomic mass is 9.96. The van der Waals surface area contributed by atoms with E-state index in [1.165, 1.54) is 7.05 Å². The van der Waals surface area contributed by atoms with Gasteiger partial charge in [-0.2, -0.15) is 0 Å². The van der Waals surface area contributed by atoms with Crippen LogP contribution in [0.4, 0.5) is 11.4 Å². The molecule has 190 valence electrons. The van der Waals surface area contributed by atoms with E-state index >= 15 is 0 Å². The van der Waals surface area contributed by atoms with Gasteiger partial charge in [-0.3, -0.25) is 23.7 Å². The number of anilines is 2. The molecule has 0 aliphatic carbocycles. The molecule has 1 heterocycles. The van der Waals surface area contributed by atoms with Gasteiger partial charge in [0.25, 0.3) is 11.1 Å². The molecule has 3 aromatic carbocycles. The Kier molecular flexibility index (Phi) is 7.21. The smallest absolute Gasteiger partial charge is 0.264 e. The summed E-state index contributed by atoms with van der Waals surface area (Å²) in [7, 11) is 3.11. The predicted molar refractivity (Wildman–Crippen MR) is 141 cm³/mol. The van der Waals surface area contributed by atoms with Gasteiger partial charge in [-0.15, -0.1) is 0 Å². The number of rotatable bonds is 10. The van der Waals surface area contributed by atoms with Crippen LogP contribution in [-0.4, -0.2) is 51.3 Å². The average molecular weight is 496 g/mol. The van der Waals surface area contributed by atoms with Crippen molar-refractivity contribution >= 4 is 43.7 Å². The normalized spacial score (nSPS) is 13.6. The van der Waals surface area contributed by atoms with Crippen molar-refractivity contribution in [3.63, 3.8) is 0 Å². The van der Waals surface area contributed by atoms with Crippen molar-refractivity contribution in [2.45, 2.75) is 26.0 Å². The lowest BCUT2D eigenvalue weighted by Gasteiger charge is -2.17. The van der Waals surface area contributed by atoms with Gasteiger partial charge in [-0.25, -0.2) is 0 Å². The molecule has 0 aliphatic heterocycles. The second-order valence-corrected chi connectivity index (χ2v) is 8.78. The highest BCUT2D eigenvalue weighted by Gasteiger charge is 2.27. The van der Waals surface area contributed by atoms with E-state index in [0.717, 1.165) is 4.57 Å². The third kappa shape index (κ3) is 4.06. The van der Waals surface area contributed by atoms with E-state index in [-0.39, 0.29) is 56.4 Å². The number of aromatic nitrogens is 1. The number of fused-ring (bicyclic) bond motifs is 3. The van der Waals surface area contributed by atoms with Crippen LogP contribution in [0.1, 0.15) is 19.9 Å². The van der Waals surface area contributed by atoms with Crippen LogP contribution in [0.25, 0.3) is 32.3 Å². The molecule has 2 atom stereocenters. The number of benzene rings is 3. The maximum atomic E-state index is 13.5. The lowest BCUT2D eigenvalue weighted by Crippen LogP contribution is -2.32. The maximum Gasteiger partial charge on any atom is 0.264 e. The minimum absolute atomic E-state index is 0.00572. The van der Waals surface area contributed by atoms with Gasteiger partial charge in [0.1, 0.15) is 0 Å². The Bertz CT molecular complexity index is 1650. The topological polar surface area (TPSA) is 139 Å². The summed E-state index contributed by atoms with van der Waals surface area (Å²) >= 11 is 0. The zero-order chi connectivity index (χ0) is 26.1. The molecule has 0 aliphatic rings. The Morgan fingerprint density at radius 1 is 0.889 bits per heavy atom. The average Bonchev–Trinajstić information content (AvgIpc) is 3.14. The van der Waals surface area contributed by atoms with Gasteiger partial charge in [0.05, 0.1) is 71.5 Å². The molecular formula is C26H29N3O7. The van der Waals surface area contributed by atoms with E-state index in [4.69, 9.17) is 19.9 Å². The molecule has 0 saturated carbocycles. The monoisotopic (exact) mass is 495 g/mol. The Hall–Kier alpha value is -3.60. The molecule has 10 heteroatoms. The van der Waals surface area contributed by atoms with Crippen molar-refractivity contribution in [2.24, 2.45) is 0 Å². The van der Waals surface area contributed by atoms with Crippen LogP contribution in [0.2, 0.25) is 0 Å². The number of nitrogen functional groups attached to an aromatic ring is 1. The lowest BCUT2D eigenvalue weighted by molar-refractivity contribution is -0.0266. The van der Waals surface area contributed by atoms with Crippen LogP contribution >= 0.6 is 0 Å². The van der Waals surface area contributed by atoms with Crippen LogP contribution in [0.15, 0.2) is 43.4 Å². The Morgan fingerprint density at radius 3 is 2.11 bits per heavy atom. The molecule has 0 spiro atoms. The first-order valence-electron chi connectivity index (χ1n) is 11.7. The first-order chi connectivity index (χ1) is 17.2. The minimum atomic E-state index is -0.636. The summed E-state index contributed by atoms with van der Waals surface area (Å²) < 4.78 is 17.2. The first-order valence-corrected chi connectivity index (χ1v) is 11.7. The highest BCUT2D eigenvalue weighted by molar-refractivity contribution is 6.21. The van der Waals surface area contributed by atoms with E-state index < -0.39 is 28.0 Å². The molecule has 4 rings (SSSR count). The van der Waals surface area contributed by atoms with Crippen LogP contribution in [0, 0.1) is 0 Å². The van der Waals surface area contributed by atoms with Gasteiger partial charge >= 0.3 is 0 Å². The zero-order valence-electron chi connectivity index (χ0n) is 20.7. The fourth-order valence-corrected chi connectivity index (χ4v) is 4.62. The fraction of sp³-hybridized carbons (Fsp3) is 0.385. The molecule has 4 aromatic rings. The summed E-state index contributed by atoms with van der Waals surface area (Å²) in [5.41, 5.74) is 4.17. The fourth-order valence-electron chi connectivity index (χ4n) is 4.62. The molecule has 10 nitrogen and oxygen atoms in total. The van der Waals surface area contributed by atoms with Crippen molar-refractivity contribution in [2.75, 3.05) is 51.6 Å². The number of nitrogens with zero attached hydrogens (tertiary/aromatic N) is 1. The van der Waals surface area contributed by atoms with Crippen LogP contribution < -0.4 is 33.0 Å². The molecular weight excluding hydrogens is 466 g/mol. The third-order valence-corrected chi connectivity index (χ3v) is 6.37.